The summed E-state index contributed by atoms with van der Waals surface area (Å²) < 4.78 is 2.86. The number of fused-ring (bicyclic) bond motifs is 1. The van der Waals surface area contributed by atoms with Gasteiger partial charge in [-0.3, -0.25) is 0 Å². The highest BCUT2D eigenvalue weighted by Crippen LogP contribution is 2.23. The second kappa shape index (κ2) is 5.73. The summed E-state index contributed by atoms with van der Waals surface area (Å²) in [6.45, 7) is 3.42. The van der Waals surface area contributed by atoms with E-state index in [9.17, 15) is 0 Å². The van der Waals surface area contributed by atoms with E-state index in [1.165, 1.54) is 0 Å². The Hall–Kier alpha value is -2.29. The molecule has 1 saturated heterocycles. The third kappa shape index (κ3) is 2.61. The van der Waals surface area contributed by atoms with Gasteiger partial charge in [0.15, 0.2) is 11.5 Å². The fraction of sp³-hybridized carbons (Fsp3) is 0.357. The number of imidazole rings is 1. The van der Waals surface area contributed by atoms with Crippen molar-refractivity contribution in [2.45, 2.75) is 0 Å². The van der Waals surface area contributed by atoms with Gasteiger partial charge in [0.1, 0.15) is 11.8 Å². The Morgan fingerprint density at radius 2 is 1.61 bits per heavy atom. The van der Waals surface area contributed by atoms with Gasteiger partial charge in [-0.05, 0) is 15.9 Å². The number of nitrogens with zero attached hydrogens (tertiary/aromatic N) is 8. The summed E-state index contributed by atoms with van der Waals surface area (Å²) in [4.78, 5) is 26.2. The van der Waals surface area contributed by atoms with Gasteiger partial charge < -0.3 is 14.4 Å². The first-order valence-electron chi connectivity index (χ1n) is 7.32. The summed E-state index contributed by atoms with van der Waals surface area (Å²) in [5, 5.41) is 0. The van der Waals surface area contributed by atoms with Gasteiger partial charge in [-0.2, -0.15) is 0 Å². The van der Waals surface area contributed by atoms with Crippen LogP contribution in [0.3, 0.4) is 0 Å². The standard InChI is InChI=1S/C14H15BrN8/c1-21-9-20-12-11(21)13(19-8-18-12)22-2-4-23(5-3-22)14-16-6-10(15)7-17-14/h6-9H,2-5H2,1H3. The molecule has 3 aromatic rings. The molecule has 9 heteroatoms. The molecule has 118 valence electrons. The highest BCUT2D eigenvalue weighted by molar-refractivity contribution is 9.10. The largest absolute Gasteiger partial charge is 0.351 e. The molecular formula is C14H15BrN8. The number of hydrogen-bond acceptors (Lipinski definition) is 7. The van der Waals surface area contributed by atoms with Gasteiger partial charge in [0.2, 0.25) is 5.95 Å². The fourth-order valence-corrected chi connectivity index (χ4v) is 2.99. The smallest absolute Gasteiger partial charge is 0.225 e. The van der Waals surface area contributed by atoms with Crippen LogP contribution in [0.25, 0.3) is 11.2 Å². The Balaban J connectivity index is 1.55. The predicted molar refractivity (Wildman–Crippen MR) is 90.5 cm³/mol. The van der Waals surface area contributed by atoms with Crippen molar-refractivity contribution < 1.29 is 0 Å². The molecule has 0 aromatic carbocycles. The normalized spacial score (nSPS) is 15.4. The lowest BCUT2D eigenvalue weighted by Gasteiger charge is -2.35. The highest BCUT2D eigenvalue weighted by atomic mass is 79.9. The minimum atomic E-state index is 0.733. The summed E-state index contributed by atoms with van der Waals surface area (Å²) >= 11 is 3.36. The number of anilines is 2. The van der Waals surface area contributed by atoms with Crippen molar-refractivity contribution in [3.05, 3.63) is 29.5 Å². The first-order chi connectivity index (χ1) is 11.2. The van der Waals surface area contributed by atoms with Crippen LogP contribution in [0.2, 0.25) is 0 Å². The second-order valence-corrected chi connectivity index (χ2v) is 6.32. The van der Waals surface area contributed by atoms with Gasteiger partial charge in [0.05, 0.1) is 10.8 Å². The molecule has 4 heterocycles. The SMILES string of the molecule is Cn1cnc2ncnc(N3CCN(c4ncc(Br)cn4)CC3)c21. The van der Waals surface area contributed by atoms with Crippen molar-refractivity contribution in [3.8, 4) is 0 Å². The van der Waals surface area contributed by atoms with Crippen molar-refractivity contribution in [1.29, 1.82) is 0 Å². The molecule has 0 N–H and O–H groups in total. The molecule has 0 saturated carbocycles. The number of hydrogen-bond donors (Lipinski definition) is 0. The molecule has 23 heavy (non-hydrogen) atoms. The third-order valence-electron chi connectivity index (χ3n) is 3.96. The molecule has 1 aliphatic heterocycles. The lowest BCUT2D eigenvalue weighted by molar-refractivity contribution is 0.634. The van der Waals surface area contributed by atoms with Crippen LogP contribution in [0, 0.1) is 0 Å². The average Bonchev–Trinajstić information content (AvgIpc) is 2.97. The molecule has 0 spiro atoms. The van der Waals surface area contributed by atoms with Crippen molar-refractivity contribution in [2.75, 3.05) is 36.0 Å². The Bertz CT molecular complexity index is 822. The molecule has 3 aromatic heterocycles. The van der Waals surface area contributed by atoms with Crippen LogP contribution in [-0.4, -0.2) is 55.7 Å². The summed E-state index contributed by atoms with van der Waals surface area (Å²) in [5.74, 6) is 1.70. The molecule has 8 nitrogen and oxygen atoms in total. The molecule has 0 amide bonds. The number of piperazine rings is 1. The van der Waals surface area contributed by atoms with Crippen LogP contribution in [0.1, 0.15) is 0 Å². The number of aryl methyl sites for hydroxylation is 1. The number of halogens is 1. The lowest BCUT2D eigenvalue weighted by Crippen LogP contribution is -2.47. The molecule has 1 aliphatic rings. The topological polar surface area (TPSA) is 75.9 Å². The highest BCUT2D eigenvalue weighted by Gasteiger charge is 2.22. The summed E-state index contributed by atoms with van der Waals surface area (Å²) in [6, 6.07) is 0. The molecule has 4 rings (SSSR count). The van der Waals surface area contributed by atoms with Crippen LogP contribution in [0.15, 0.2) is 29.5 Å². The molecule has 0 atom stereocenters. The third-order valence-corrected chi connectivity index (χ3v) is 4.37. The zero-order valence-corrected chi connectivity index (χ0v) is 14.2. The zero-order chi connectivity index (χ0) is 15.8. The maximum Gasteiger partial charge on any atom is 0.225 e. The molecular weight excluding hydrogens is 360 g/mol. The second-order valence-electron chi connectivity index (χ2n) is 5.40. The fourth-order valence-electron chi connectivity index (χ4n) is 2.79. The first-order valence-corrected chi connectivity index (χ1v) is 8.11. The van der Waals surface area contributed by atoms with E-state index in [4.69, 9.17) is 0 Å². The van der Waals surface area contributed by atoms with Crippen molar-refractivity contribution >= 4 is 38.9 Å². The Kier molecular flexibility index (Phi) is 3.56. The van der Waals surface area contributed by atoms with Crippen LogP contribution in [-0.2, 0) is 7.05 Å². The van der Waals surface area contributed by atoms with E-state index in [0.717, 1.165) is 53.6 Å². The van der Waals surface area contributed by atoms with Gasteiger partial charge in [-0.15, -0.1) is 0 Å². The molecule has 0 bridgehead atoms. The van der Waals surface area contributed by atoms with Crippen LogP contribution < -0.4 is 9.80 Å². The van der Waals surface area contributed by atoms with Crippen LogP contribution >= 0.6 is 15.9 Å². The average molecular weight is 375 g/mol. The predicted octanol–water partition coefficient (Wildman–Crippen LogP) is 1.24. The number of aromatic nitrogens is 6. The quantitative estimate of drug-likeness (QED) is 0.667. The minimum absolute atomic E-state index is 0.733. The van der Waals surface area contributed by atoms with Gasteiger partial charge in [0, 0.05) is 45.6 Å². The lowest BCUT2D eigenvalue weighted by atomic mass is 10.3. The maximum atomic E-state index is 4.47. The van der Waals surface area contributed by atoms with E-state index in [2.05, 4.69) is 50.6 Å². The van der Waals surface area contributed by atoms with Crippen molar-refractivity contribution in [1.82, 2.24) is 29.5 Å². The zero-order valence-electron chi connectivity index (χ0n) is 12.6. The molecule has 0 aliphatic carbocycles. The molecule has 0 radical (unpaired) electrons. The van der Waals surface area contributed by atoms with Gasteiger partial charge in [-0.1, -0.05) is 0 Å². The van der Waals surface area contributed by atoms with E-state index < -0.39 is 0 Å². The Morgan fingerprint density at radius 1 is 0.913 bits per heavy atom. The molecule has 1 fully saturated rings. The van der Waals surface area contributed by atoms with Crippen molar-refractivity contribution in [3.63, 3.8) is 0 Å². The van der Waals surface area contributed by atoms with Crippen molar-refractivity contribution in [2.24, 2.45) is 7.05 Å². The minimum Gasteiger partial charge on any atom is -0.351 e. The van der Waals surface area contributed by atoms with Gasteiger partial charge in [-0.25, -0.2) is 24.9 Å². The van der Waals surface area contributed by atoms with Crippen LogP contribution in [0.5, 0.6) is 0 Å². The number of rotatable bonds is 2. The van der Waals surface area contributed by atoms with Gasteiger partial charge >= 0.3 is 0 Å². The summed E-state index contributed by atoms with van der Waals surface area (Å²) in [6.07, 6.45) is 6.90. The van der Waals surface area contributed by atoms with E-state index in [1.54, 1.807) is 25.0 Å². The summed E-state index contributed by atoms with van der Waals surface area (Å²) in [5.41, 5.74) is 1.71. The van der Waals surface area contributed by atoms with E-state index in [-0.39, 0.29) is 0 Å². The van der Waals surface area contributed by atoms with Gasteiger partial charge in [0.25, 0.3) is 0 Å². The van der Waals surface area contributed by atoms with E-state index in [1.807, 2.05) is 11.6 Å². The van der Waals surface area contributed by atoms with Crippen LogP contribution in [0.4, 0.5) is 11.8 Å². The van der Waals surface area contributed by atoms with E-state index >= 15 is 0 Å². The maximum absolute atomic E-state index is 4.47. The Labute approximate surface area is 141 Å². The molecule has 0 unspecified atom stereocenters. The summed E-state index contributed by atoms with van der Waals surface area (Å²) in [7, 11) is 1.97. The Morgan fingerprint density at radius 3 is 2.35 bits per heavy atom. The first kappa shape index (κ1) is 14.3. The monoisotopic (exact) mass is 374 g/mol. The van der Waals surface area contributed by atoms with E-state index in [0.29, 0.717) is 0 Å².